The number of rotatable bonds is 3. The smallest absolute Gasteiger partial charge is 0.0721 e. The fourth-order valence-corrected chi connectivity index (χ4v) is 1.69. The van der Waals surface area contributed by atoms with Crippen LogP contribution in [0.1, 0.15) is 24.1 Å². The molecule has 0 unspecified atom stereocenters. The second-order valence-corrected chi connectivity index (χ2v) is 4.35. The molecule has 2 heteroatoms. The van der Waals surface area contributed by atoms with Gasteiger partial charge in [0.05, 0.1) is 6.04 Å². The second kappa shape index (κ2) is 5.65. The van der Waals surface area contributed by atoms with Crippen LogP contribution >= 0.6 is 11.6 Å². The topological polar surface area (TPSA) is 12.4 Å². The summed E-state index contributed by atoms with van der Waals surface area (Å²) in [6.45, 7) is 2.07. The summed E-state index contributed by atoms with van der Waals surface area (Å²) in [4.78, 5) is 4.53. The SMILES string of the molecule is C[C@H](N=Cc1ccccc1)c1ccc(Cl)cc1. The lowest BCUT2D eigenvalue weighted by Gasteiger charge is -2.06. The van der Waals surface area contributed by atoms with Crippen LogP contribution in [0.15, 0.2) is 59.6 Å². The molecule has 0 aromatic heterocycles. The molecule has 0 amide bonds. The van der Waals surface area contributed by atoms with Crippen LogP contribution in [0.3, 0.4) is 0 Å². The number of hydrogen-bond acceptors (Lipinski definition) is 1. The van der Waals surface area contributed by atoms with Gasteiger partial charge in [0.2, 0.25) is 0 Å². The zero-order valence-electron chi connectivity index (χ0n) is 9.68. The summed E-state index contributed by atoms with van der Waals surface area (Å²) in [5, 5.41) is 0.757. The predicted molar refractivity (Wildman–Crippen MR) is 73.9 cm³/mol. The number of aliphatic imine (C=N–C) groups is 1. The first-order valence-corrected chi connectivity index (χ1v) is 5.97. The Kier molecular flexibility index (Phi) is 3.94. The van der Waals surface area contributed by atoms with Gasteiger partial charge in [-0.1, -0.05) is 54.1 Å². The molecule has 0 aliphatic heterocycles. The van der Waals surface area contributed by atoms with Gasteiger partial charge in [-0.3, -0.25) is 4.99 Å². The van der Waals surface area contributed by atoms with Crippen LogP contribution in [0, 0.1) is 0 Å². The molecule has 0 radical (unpaired) electrons. The minimum atomic E-state index is 0.146. The monoisotopic (exact) mass is 243 g/mol. The molecule has 0 N–H and O–H groups in total. The lowest BCUT2D eigenvalue weighted by molar-refractivity contribution is 0.825. The number of benzene rings is 2. The maximum absolute atomic E-state index is 5.85. The van der Waals surface area contributed by atoms with Crippen molar-refractivity contribution in [1.29, 1.82) is 0 Å². The van der Waals surface area contributed by atoms with Crippen molar-refractivity contribution < 1.29 is 0 Å². The van der Waals surface area contributed by atoms with Crippen molar-refractivity contribution in [1.82, 2.24) is 0 Å². The minimum absolute atomic E-state index is 0.146. The Labute approximate surface area is 107 Å². The van der Waals surface area contributed by atoms with Crippen LogP contribution in [-0.2, 0) is 0 Å². The molecule has 2 rings (SSSR count). The van der Waals surface area contributed by atoms with Crippen LogP contribution in [0.4, 0.5) is 0 Å². The first kappa shape index (κ1) is 11.9. The van der Waals surface area contributed by atoms with Crippen molar-refractivity contribution in [2.24, 2.45) is 4.99 Å². The highest BCUT2D eigenvalue weighted by atomic mass is 35.5. The maximum Gasteiger partial charge on any atom is 0.0721 e. The molecule has 0 bridgehead atoms. The molecular weight excluding hydrogens is 230 g/mol. The second-order valence-electron chi connectivity index (χ2n) is 3.92. The third-order valence-electron chi connectivity index (χ3n) is 2.60. The molecule has 0 saturated heterocycles. The van der Waals surface area contributed by atoms with Gasteiger partial charge in [0.1, 0.15) is 0 Å². The van der Waals surface area contributed by atoms with Crippen molar-refractivity contribution in [3.8, 4) is 0 Å². The van der Waals surface area contributed by atoms with E-state index in [0.29, 0.717) is 0 Å². The van der Waals surface area contributed by atoms with Crippen LogP contribution < -0.4 is 0 Å². The summed E-state index contributed by atoms with van der Waals surface area (Å²) in [5.74, 6) is 0. The molecule has 0 fully saturated rings. The van der Waals surface area contributed by atoms with Crippen molar-refractivity contribution in [2.75, 3.05) is 0 Å². The van der Waals surface area contributed by atoms with E-state index in [-0.39, 0.29) is 6.04 Å². The van der Waals surface area contributed by atoms with Gasteiger partial charge in [-0.2, -0.15) is 0 Å². The third kappa shape index (κ3) is 3.43. The summed E-state index contributed by atoms with van der Waals surface area (Å²) in [7, 11) is 0. The maximum atomic E-state index is 5.85. The Balaban J connectivity index is 2.09. The molecule has 0 heterocycles. The Morgan fingerprint density at radius 1 is 1.00 bits per heavy atom. The predicted octanol–water partition coefficient (Wildman–Crippen LogP) is 4.52. The van der Waals surface area contributed by atoms with E-state index in [9.17, 15) is 0 Å². The van der Waals surface area contributed by atoms with E-state index in [4.69, 9.17) is 11.6 Å². The average molecular weight is 244 g/mol. The summed E-state index contributed by atoms with van der Waals surface area (Å²) < 4.78 is 0. The lowest BCUT2D eigenvalue weighted by atomic mass is 10.1. The normalized spacial score (nSPS) is 12.8. The zero-order chi connectivity index (χ0) is 12.1. The molecule has 0 spiro atoms. The average Bonchev–Trinajstić information content (AvgIpc) is 2.38. The van der Waals surface area contributed by atoms with Gasteiger partial charge in [-0.15, -0.1) is 0 Å². The summed E-state index contributed by atoms with van der Waals surface area (Å²) in [5.41, 5.74) is 2.29. The molecule has 17 heavy (non-hydrogen) atoms. The van der Waals surface area contributed by atoms with Gasteiger partial charge >= 0.3 is 0 Å². The zero-order valence-corrected chi connectivity index (χ0v) is 10.4. The molecule has 86 valence electrons. The van der Waals surface area contributed by atoms with E-state index in [0.717, 1.165) is 10.6 Å². The van der Waals surface area contributed by atoms with Crippen molar-refractivity contribution in [2.45, 2.75) is 13.0 Å². The van der Waals surface area contributed by atoms with Crippen LogP contribution in [0.25, 0.3) is 0 Å². The standard InChI is InChI=1S/C15H14ClN/c1-12(14-7-9-15(16)10-8-14)17-11-13-5-3-2-4-6-13/h2-12H,1H3/t12-/m0/s1. The number of halogens is 1. The Morgan fingerprint density at radius 2 is 1.65 bits per heavy atom. The van der Waals surface area contributed by atoms with Crippen LogP contribution in [0.2, 0.25) is 5.02 Å². The highest BCUT2D eigenvalue weighted by Gasteiger charge is 2.01. The highest BCUT2D eigenvalue weighted by Crippen LogP contribution is 2.18. The molecule has 1 nitrogen and oxygen atoms in total. The molecule has 2 aromatic rings. The van der Waals surface area contributed by atoms with Crippen molar-refractivity contribution >= 4 is 17.8 Å². The Bertz CT molecular complexity index is 488. The van der Waals surface area contributed by atoms with Gasteiger partial charge in [0.25, 0.3) is 0 Å². The fourth-order valence-electron chi connectivity index (χ4n) is 1.56. The molecule has 0 saturated carbocycles. The first-order valence-electron chi connectivity index (χ1n) is 5.59. The van der Waals surface area contributed by atoms with Gasteiger partial charge in [-0.05, 0) is 30.2 Å². The molecule has 1 atom stereocenters. The molecule has 2 aromatic carbocycles. The Morgan fingerprint density at radius 3 is 2.29 bits per heavy atom. The van der Waals surface area contributed by atoms with E-state index in [1.807, 2.05) is 60.8 Å². The molecular formula is C15H14ClN. The first-order chi connectivity index (χ1) is 8.25. The van der Waals surface area contributed by atoms with E-state index in [2.05, 4.69) is 11.9 Å². The van der Waals surface area contributed by atoms with Gasteiger partial charge in [-0.25, -0.2) is 0 Å². The molecule has 0 aliphatic carbocycles. The number of nitrogens with zero attached hydrogens (tertiary/aromatic N) is 1. The summed E-state index contributed by atoms with van der Waals surface area (Å²) in [6.07, 6.45) is 1.90. The summed E-state index contributed by atoms with van der Waals surface area (Å²) in [6, 6.07) is 18.0. The van der Waals surface area contributed by atoms with E-state index in [1.54, 1.807) is 0 Å². The molecule has 0 aliphatic rings. The van der Waals surface area contributed by atoms with Crippen LogP contribution in [-0.4, -0.2) is 6.21 Å². The van der Waals surface area contributed by atoms with Gasteiger partial charge < -0.3 is 0 Å². The minimum Gasteiger partial charge on any atom is -0.285 e. The van der Waals surface area contributed by atoms with Gasteiger partial charge in [0, 0.05) is 11.2 Å². The lowest BCUT2D eigenvalue weighted by Crippen LogP contribution is -1.90. The van der Waals surface area contributed by atoms with Crippen molar-refractivity contribution in [3.63, 3.8) is 0 Å². The quantitative estimate of drug-likeness (QED) is 0.703. The highest BCUT2D eigenvalue weighted by molar-refractivity contribution is 6.30. The van der Waals surface area contributed by atoms with Gasteiger partial charge in [0.15, 0.2) is 0 Å². The number of hydrogen-bond donors (Lipinski definition) is 0. The van der Waals surface area contributed by atoms with E-state index < -0.39 is 0 Å². The Hall–Kier alpha value is -1.60. The fraction of sp³-hybridized carbons (Fsp3) is 0.133. The third-order valence-corrected chi connectivity index (χ3v) is 2.85. The van der Waals surface area contributed by atoms with Crippen LogP contribution in [0.5, 0.6) is 0 Å². The van der Waals surface area contributed by atoms with E-state index >= 15 is 0 Å². The van der Waals surface area contributed by atoms with Crippen molar-refractivity contribution in [3.05, 3.63) is 70.7 Å². The van der Waals surface area contributed by atoms with E-state index in [1.165, 1.54) is 5.56 Å². The largest absolute Gasteiger partial charge is 0.285 e. The summed E-state index contributed by atoms with van der Waals surface area (Å²) >= 11 is 5.85.